The molecule has 0 saturated carbocycles. The number of hydrogen-bond acceptors (Lipinski definition) is 3. The van der Waals surface area contributed by atoms with Gasteiger partial charge in [0, 0.05) is 0 Å². The van der Waals surface area contributed by atoms with Crippen molar-refractivity contribution in [1.29, 1.82) is 0 Å². The van der Waals surface area contributed by atoms with Gasteiger partial charge in [-0.15, -0.1) is 24.8 Å². The molecule has 106 valence electrons. The molecule has 0 aliphatic rings. The smallest absolute Gasteiger partial charge is 0.403 e. The van der Waals surface area contributed by atoms with Crippen LogP contribution in [0, 0.1) is 0 Å². The van der Waals surface area contributed by atoms with E-state index in [2.05, 4.69) is 9.72 Å². The first-order valence-electron chi connectivity index (χ1n) is 4.46. The number of pyridine rings is 1. The molecule has 19 heavy (non-hydrogen) atoms. The summed E-state index contributed by atoms with van der Waals surface area (Å²) in [7, 11) is 0. The van der Waals surface area contributed by atoms with Crippen molar-refractivity contribution >= 4 is 17.9 Å². The summed E-state index contributed by atoms with van der Waals surface area (Å²) in [5, 5.41) is 0. The Morgan fingerprint density at radius 1 is 1.26 bits per heavy atom. The van der Waals surface area contributed by atoms with Crippen LogP contribution >= 0.6 is 11.6 Å². The lowest BCUT2D eigenvalue weighted by molar-refractivity contribution is -0.276. The van der Waals surface area contributed by atoms with Crippen molar-refractivity contribution in [3.8, 4) is 5.75 Å². The van der Waals surface area contributed by atoms with Crippen LogP contribution in [0.5, 0.6) is 5.75 Å². The second kappa shape index (κ2) is 5.24. The second-order valence-electron chi connectivity index (χ2n) is 3.17. The molecule has 0 unspecified atom stereocenters. The normalized spacial score (nSPS) is 12.4. The summed E-state index contributed by atoms with van der Waals surface area (Å²) in [6, 6.07) is 0.293. The van der Waals surface area contributed by atoms with Crippen molar-refractivity contribution < 1.29 is 35.9 Å². The minimum Gasteiger partial charge on any atom is -0.403 e. The topological polar surface area (TPSA) is 39.2 Å². The molecule has 1 rings (SSSR count). The predicted molar refractivity (Wildman–Crippen MR) is 50.9 cm³/mol. The molecule has 10 heteroatoms. The van der Waals surface area contributed by atoms with Crippen molar-refractivity contribution in [3.05, 3.63) is 23.0 Å². The van der Waals surface area contributed by atoms with E-state index in [1.807, 2.05) is 0 Å². The highest BCUT2D eigenvalue weighted by Crippen LogP contribution is 2.40. The number of aromatic nitrogens is 1. The van der Waals surface area contributed by atoms with Crippen molar-refractivity contribution in [1.82, 2.24) is 4.98 Å². The van der Waals surface area contributed by atoms with Gasteiger partial charge in [-0.1, -0.05) is 0 Å². The Bertz CT molecular complexity index is 485. The van der Waals surface area contributed by atoms with Gasteiger partial charge in [-0.2, -0.15) is 13.2 Å². The molecule has 0 bridgehead atoms. The zero-order chi connectivity index (χ0) is 14.8. The quantitative estimate of drug-likeness (QED) is 0.487. The maximum absolute atomic E-state index is 12.6. The maximum atomic E-state index is 12.6. The molecule has 1 heterocycles. The Hall–Kier alpha value is -1.51. The lowest BCUT2D eigenvalue weighted by Crippen LogP contribution is -2.22. The van der Waals surface area contributed by atoms with Gasteiger partial charge in [-0.3, -0.25) is 4.79 Å². The van der Waals surface area contributed by atoms with Gasteiger partial charge in [-0.05, 0) is 6.07 Å². The third-order valence-electron chi connectivity index (χ3n) is 1.82. The zero-order valence-corrected chi connectivity index (χ0v) is 9.53. The van der Waals surface area contributed by atoms with E-state index in [0.717, 1.165) is 0 Å². The van der Waals surface area contributed by atoms with Crippen LogP contribution in [0.3, 0.4) is 0 Å². The van der Waals surface area contributed by atoms with E-state index in [1.54, 1.807) is 0 Å². The van der Waals surface area contributed by atoms with Crippen LogP contribution < -0.4 is 4.74 Å². The van der Waals surface area contributed by atoms with E-state index in [4.69, 9.17) is 11.6 Å². The first kappa shape index (κ1) is 15.5. The van der Waals surface area contributed by atoms with Crippen molar-refractivity contribution in [2.75, 3.05) is 0 Å². The van der Waals surface area contributed by atoms with Gasteiger partial charge in [0.1, 0.15) is 11.3 Å². The highest BCUT2D eigenvalue weighted by atomic mass is 35.5. The number of carbonyl (C=O) groups excluding carboxylic acids is 1. The number of hydrogen-bond donors (Lipinski definition) is 0. The van der Waals surface area contributed by atoms with E-state index < -0.39 is 41.1 Å². The minimum atomic E-state index is -5.39. The summed E-state index contributed by atoms with van der Waals surface area (Å²) in [4.78, 5) is 13.8. The van der Waals surface area contributed by atoms with Gasteiger partial charge in [0.25, 0.3) is 0 Å². The molecule has 1 aromatic rings. The van der Waals surface area contributed by atoms with Crippen molar-refractivity contribution in [3.63, 3.8) is 0 Å². The Kier molecular flexibility index (Phi) is 4.28. The van der Waals surface area contributed by atoms with Crippen molar-refractivity contribution in [2.45, 2.75) is 18.4 Å². The average molecular weight is 308 g/mol. The predicted octanol–water partition coefficient (Wildman–Crippen LogP) is 3.55. The third-order valence-corrected chi connectivity index (χ3v) is 2.10. The molecule has 0 fully saturated rings. The maximum Gasteiger partial charge on any atom is 0.573 e. The molecule has 0 N–H and O–H groups in total. The van der Waals surface area contributed by atoms with Crippen LogP contribution in [0.2, 0.25) is 0 Å². The summed E-state index contributed by atoms with van der Waals surface area (Å²) >= 11 is 5.25. The summed E-state index contributed by atoms with van der Waals surface area (Å²) in [5.74, 6) is -2.19. The number of carbonyl (C=O) groups is 1. The van der Waals surface area contributed by atoms with Crippen LogP contribution in [0.4, 0.5) is 26.3 Å². The molecule has 0 aliphatic heterocycles. The van der Waals surface area contributed by atoms with E-state index in [0.29, 0.717) is 6.07 Å². The fourth-order valence-electron chi connectivity index (χ4n) is 1.19. The lowest BCUT2D eigenvalue weighted by Gasteiger charge is -2.17. The molecule has 0 aliphatic carbocycles. The van der Waals surface area contributed by atoms with Gasteiger partial charge in [0.15, 0.2) is 12.0 Å². The Morgan fingerprint density at radius 3 is 2.21 bits per heavy atom. The van der Waals surface area contributed by atoms with Gasteiger partial charge >= 0.3 is 12.5 Å². The van der Waals surface area contributed by atoms with Crippen LogP contribution in [-0.4, -0.2) is 17.6 Å². The number of aldehydes is 1. The molecular weight excluding hydrogens is 304 g/mol. The van der Waals surface area contributed by atoms with Gasteiger partial charge in [0.05, 0.1) is 11.6 Å². The molecule has 0 radical (unpaired) electrons. The van der Waals surface area contributed by atoms with Crippen LogP contribution in [-0.2, 0) is 12.1 Å². The molecule has 0 aromatic carbocycles. The first-order chi connectivity index (χ1) is 8.58. The monoisotopic (exact) mass is 307 g/mol. The minimum absolute atomic E-state index is 0.271. The number of alkyl halides is 7. The summed E-state index contributed by atoms with van der Waals surface area (Å²) in [5.41, 5.74) is -3.29. The second-order valence-corrected chi connectivity index (χ2v) is 3.44. The van der Waals surface area contributed by atoms with E-state index in [-0.39, 0.29) is 6.29 Å². The number of nitrogens with zero attached hydrogens (tertiary/aromatic N) is 1. The molecule has 1 aromatic heterocycles. The summed E-state index contributed by atoms with van der Waals surface area (Å²) in [6.45, 7) is 0. The molecule has 0 amide bonds. The van der Waals surface area contributed by atoms with Crippen LogP contribution in [0.1, 0.15) is 21.7 Å². The van der Waals surface area contributed by atoms with E-state index in [9.17, 15) is 31.1 Å². The molecule has 0 spiro atoms. The van der Waals surface area contributed by atoms with E-state index in [1.165, 1.54) is 0 Å². The van der Waals surface area contributed by atoms with Crippen LogP contribution in [0.25, 0.3) is 0 Å². The molecule has 3 nitrogen and oxygen atoms in total. The molecule has 0 saturated heterocycles. The molecule has 0 atom stereocenters. The Morgan fingerprint density at radius 2 is 1.84 bits per heavy atom. The highest BCUT2D eigenvalue weighted by Gasteiger charge is 2.41. The fourth-order valence-corrected chi connectivity index (χ4v) is 1.33. The number of ether oxygens (including phenoxy) is 1. The first-order valence-corrected chi connectivity index (χ1v) is 5.00. The molecular formula is C9H4ClF6NO2. The summed E-state index contributed by atoms with van der Waals surface area (Å²) in [6.07, 6.45) is -10.8. The van der Waals surface area contributed by atoms with Gasteiger partial charge in [0.2, 0.25) is 0 Å². The average Bonchev–Trinajstić information content (AvgIpc) is 2.25. The van der Waals surface area contributed by atoms with Gasteiger partial charge in [-0.25, -0.2) is 4.98 Å². The SMILES string of the molecule is O=Cc1nc(CCl)cc(C(F)(F)F)c1OC(F)(F)F. The Labute approximate surface area is 107 Å². The standard InChI is InChI=1S/C9H4ClF6NO2/c10-2-4-1-5(8(11,12)13)7(6(3-18)17-4)19-9(14,15)16/h1,3H,2H2. The fraction of sp³-hybridized carbons (Fsp3) is 0.333. The zero-order valence-electron chi connectivity index (χ0n) is 8.77. The third kappa shape index (κ3) is 3.98. The summed E-state index contributed by atoms with van der Waals surface area (Å²) < 4.78 is 77.2. The lowest BCUT2D eigenvalue weighted by atomic mass is 10.1. The number of halogens is 7. The van der Waals surface area contributed by atoms with Crippen LogP contribution in [0.15, 0.2) is 6.07 Å². The largest absolute Gasteiger partial charge is 0.573 e. The van der Waals surface area contributed by atoms with Crippen molar-refractivity contribution in [2.24, 2.45) is 0 Å². The Balaban J connectivity index is 3.51. The van der Waals surface area contributed by atoms with E-state index >= 15 is 0 Å². The highest BCUT2D eigenvalue weighted by molar-refractivity contribution is 6.16. The number of rotatable bonds is 3. The van der Waals surface area contributed by atoms with Gasteiger partial charge < -0.3 is 4.74 Å².